The number of nitrogens with zero attached hydrogens (tertiary/aromatic N) is 2. The molecule has 0 bridgehead atoms. The molecule has 0 saturated heterocycles. The van der Waals surface area contributed by atoms with Crippen molar-refractivity contribution < 1.29 is 5.11 Å². The summed E-state index contributed by atoms with van der Waals surface area (Å²) in [6.45, 7) is 4.17. The first-order valence-corrected chi connectivity index (χ1v) is 7.75. The molecule has 0 radical (unpaired) electrons. The highest BCUT2D eigenvalue weighted by Gasteiger charge is 2.07. The maximum absolute atomic E-state index is 9.07. The summed E-state index contributed by atoms with van der Waals surface area (Å²) < 4.78 is 1.90. The van der Waals surface area contributed by atoms with Crippen LogP contribution in [-0.2, 0) is 6.54 Å². The first-order chi connectivity index (χ1) is 10.3. The molecule has 1 heterocycles. The average Bonchev–Trinajstić information content (AvgIpc) is 2.97. The van der Waals surface area contributed by atoms with Crippen molar-refractivity contribution in [1.29, 1.82) is 0 Å². The molecule has 0 aliphatic rings. The van der Waals surface area contributed by atoms with Gasteiger partial charge in [0, 0.05) is 19.3 Å². The molecule has 0 fully saturated rings. The fourth-order valence-electron chi connectivity index (χ4n) is 2.52. The Morgan fingerprint density at radius 3 is 2.71 bits per heavy atom. The molecule has 1 aromatic heterocycles. The van der Waals surface area contributed by atoms with Gasteiger partial charge in [-0.2, -0.15) is 5.10 Å². The van der Waals surface area contributed by atoms with Crippen molar-refractivity contribution in [2.45, 2.75) is 32.7 Å². The Morgan fingerprint density at radius 1 is 1.19 bits per heavy atom. The minimum atomic E-state index is 0.273. The maximum atomic E-state index is 9.07. The van der Waals surface area contributed by atoms with Crippen LogP contribution in [0.4, 0.5) is 0 Å². The van der Waals surface area contributed by atoms with E-state index in [0.717, 1.165) is 43.7 Å². The minimum absolute atomic E-state index is 0.273. The van der Waals surface area contributed by atoms with Crippen molar-refractivity contribution in [3.8, 4) is 5.69 Å². The predicted molar refractivity (Wildman–Crippen MR) is 85.4 cm³/mol. The Morgan fingerprint density at radius 2 is 2.00 bits per heavy atom. The summed E-state index contributed by atoms with van der Waals surface area (Å²) in [6, 6.07) is 12.2. The molecule has 114 valence electrons. The molecular weight excluding hydrogens is 262 g/mol. The number of benzene rings is 1. The van der Waals surface area contributed by atoms with Crippen molar-refractivity contribution in [2.24, 2.45) is 5.92 Å². The summed E-state index contributed by atoms with van der Waals surface area (Å²) in [5.41, 5.74) is 2.12. The third-order valence-electron chi connectivity index (χ3n) is 3.64. The van der Waals surface area contributed by atoms with E-state index >= 15 is 0 Å². The quantitative estimate of drug-likeness (QED) is 0.745. The summed E-state index contributed by atoms with van der Waals surface area (Å²) in [6.07, 6.45) is 5.18. The van der Waals surface area contributed by atoms with Crippen LogP contribution in [0.1, 0.15) is 31.9 Å². The highest BCUT2D eigenvalue weighted by Crippen LogP contribution is 2.10. The van der Waals surface area contributed by atoms with Gasteiger partial charge in [-0.1, -0.05) is 31.5 Å². The molecule has 2 aromatic rings. The number of rotatable bonds is 9. The summed E-state index contributed by atoms with van der Waals surface area (Å²) in [5, 5.41) is 17.1. The number of aliphatic hydroxyl groups excluding tert-OH is 1. The Balaban J connectivity index is 1.83. The fourth-order valence-corrected chi connectivity index (χ4v) is 2.52. The van der Waals surface area contributed by atoms with Crippen LogP contribution in [-0.4, -0.2) is 28.0 Å². The second kappa shape index (κ2) is 8.60. The van der Waals surface area contributed by atoms with Gasteiger partial charge in [-0.25, -0.2) is 4.68 Å². The summed E-state index contributed by atoms with van der Waals surface area (Å²) in [7, 11) is 0. The first-order valence-electron chi connectivity index (χ1n) is 7.75. The standard InChI is InChI=1S/C17H25N3O/c1-2-6-15(10-12-21)13-18-14-16-9-11-20(19-16)17-7-4-3-5-8-17/h3-5,7-9,11,15,18,21H,2,6,10,12-14H2,1H3. The van der Waals surface area contributed by atoms with Crippen LogP contribution in [0.15, 0.2) is 42.6 Å². The second-order valence-corrected chi connectivity index (χ2v) is 5.39. The lowest BCUT2D eigenvalue weighted by Gasteiger charge is -2.15. The van der Waals surface area contributed by atoms with Gasteiger partial charge in [0.1, 0.15) is 0 Å². The van der Waals surface area contributed by atoms with Gasteiger partial charge in [0.2, 0.25) is 0 Å². The zero-order valence-electron chi connectivity index (χ0n) is 12.7. The van der Waals surface area contributed by atoms with Crippen LogP contribution in [0.2, 0.25) is 0 Å². The predicted octanol–water partition coefficient (Wildman–Crippen LogP) is 2.76. The number of para-hydroxylation sites is 1. The monoisotopic (exact) mass is 287 g/mol. The Labute approximate surface area is 126 Å². The van der Waals surface area contributed by atoms with Crippen molar-refractivity contribution >= 4 is 0 Å². The zero-order chi connectivity index (χ0) is 14.9. The molecule has 1 atom stereocenters. The molecule has 2 N–H and O–H groups in total. The van der Waals surface area contributed by atoms with Crippen LogP contribution in [0.3, 0.4) is 0 Å². The summed E-state index contributed by atoms with van der Waals surface area (Å²) >= 11 is 0. The van der Waals surface area contributed by atoms with E-state index in [1.54, 1.807) is 0 Å². The smallest absolute Gasteiger partial charge is 0.0766 e. The molecule has 1 aromatic carbocycles. The number of aromatic nitrogens is 2. The Kier molecular flexibility index (Phi) is 6.44. The normalized spacial score (nSPS) is 12.5. The van der Waals surface area contributed by atoms with Crippen LogP contribution in [0.25, 0.3) is 5.69 Å². The van der Waals surface area contributed by atoms with Crippen molar-refractivity contribution in [1.82, 2.24) is 15.1 Å². The third kappa shape index (κ3) is 4.99. The molecule has 4 heteroatoms. The number of hydrogen-bond acceptors (Lipinski definition) is 3. The molecular formula is C17H25N3O. The lowest BCUT2D eigenvalue weighted by atomic mass is 10.0. The molecule has 0 aliphatic carbocycles. The van der Waals surface area contributed by atoms with E-state index in [0.29, 0.717) is 5.92 Å². The largest absolute Gasteiger partial charge is 0.396 e. The zero-order valence-corrected chi connectivity index (χ0v) is 12.7. The van der Waals surface area contributed by atoms with Gasteiger partial charge in [-0.05, 0) is 43.5 Å². The summed E-state index contributed by atoms with van der Waals surface area (Å²) in [4.78, 5) is 0. The van der Waals surface area contributed by atoms with Crippen molar-refractivity contribution in [3.63, 3.8) is 0 Å². The molecule has 21 heavy (non-hydrogen) atoms. The van der Waals surface area contributed by atoms with E-state index in [-0.39, 0.29) is 6.61 Å². The van der Waals surface area contributed by atoms with E-state index < -0.39 is 0 Å². The van der Waals surface area contributed by atoms with Crippen LogP contribution >= 0.6 is 0 Å². The fraction of sp³-hybridized carbons (Fsp3) is 0.471. The number of aliphatic hydroxyl groups is 1. The molecule has 2 rings (SSSR count). The third-order valence-corrected chi connectivity index (χ3v) is 3.64. The summed E-state index contributed by atoms with van der Waals surface area (Å²) in [5.74, 6) is 0.552. The highest BCUT2D eigenvalue weighted by molar-refractivity contribution is 5.30. The van der Waals surface area contributed by atoms with E-state index in [1.165, 1.54) is 0 Å². The van der Waals surface area contributed by atoms with Gasteiger partial charge in [0.25, 0.3) is 0 Å². The maximum Gasteiger partial charge on any atom is 0.0766 e. The van der Waals surface area contributed by atoms with Gasteiger partial charge in [0.15, 0.2) is 0 Å². The lowest BCUT2D eigenvalue weighted by molar-refractivity contribution is 0.248. The van der Waals surface area contributed by atoms with Crippen LogP contribution < -0.4 is 5.32 Å². The van der Waals surface area contributed by atoms with Crippen LogP contribution in [0, 0.1) is 5.92 Å². The van der Waals surface area contributed by atoms with Crippen LogP contribution in [0.5, 0.6) is 0 Å². The van der Waals surface area contributed by atoms with E-state index in [9.17, 15) is 0 Å². The van der Waals surface area contributed by atoms with Crippen molar-refractivity contribution in [3.05, 3.63) is 48.3 Å². The molecule has 0 amide bonds. The number of nitrogens with one attached hydrogen (secondary N) is 1. The molecule has 0 saturated carbocycles. The first kappa shape index (κ1) is 15.7. The number of hydrogen-bond donors (Lipinski definition) is 2. The molecule has 0 spiro atoms. The topological polar surface area (TPSA) is 50.1 Å². The van der Waals surface area contributed by atoms with E-state index in [1.807, 2.05) is 47.3 Å². The Bertz CT molecular complexity index is 504. The van der Waals surface area contributed by atoms with Gasteiger partial charge < -0.3 is 10.4 Å². The van der Waals surface area contributed by atoms with E-state index in [4.69, 9.17) is 5.11 Å². The van der Waals surface area contributed by atoms with Gasteiger partial charge in [-0.15, -0.1) is 0 Å². The molecule has 4 nitrogen and oxygen atoms in total. The van der Waals surface area contributed by atoms with Crippen molar-refractivity contribution in [2.75, 3.05) is 13.2 Å². The van der Waals surface area contributed by atoms with Gasteiger partial charge in [-0.3, -0.25) is 0 Å². The Hall–Kier alpha value is -1.65. The second-order valence-electron chi connectivity index (χ2n) is 5.39. The lowest BCUT2D eigenvalue weighted by Crippen LogP contribution is -2.23. The van der Waals surface area contributed by atoms with Gasteiger partial charge >= 0.3 is 0 Å². The minimum Gasteiger partial charge on any atom is -0.396 e. The highest BCUT2D eigenvalue weighted by atomic mass is 16.3. The van der Waals surface area contributed by atoms with Gasteiger partial charge in [0.05, 0.1) is 11.4 Å². The molecule has 1 unspecified atom stereocenters. The average molecular weight is 287 g/mol. The van der Waals surface area contributed by atoms with E-state index in [2.05, 4.69) is 17.3 Å². The SMILES string of the molecule is CCCC(CCO)CNCc1ccn(-c2ccccc2)n1. The molecule has 0 aliphatic heterocycles.